The number of halogens is 3. The molecule has 11 heteroatoms. The number of aromatic nitrogens is 3. The lowest BCUT2D eigenvalue weighted by atomic mass is 10.2. The van der Waals surface area contributed by atoms with Crippen molar-refractivity contribution in [3.05, 3.63) is 98.1 Å². The number of benzene rings is 2. The molecule has 0 spiro atoms. The fourth-order valence-electron chi connectivity index (χ4n) is 3.40. The number of carbonyl (C=O) groups excluding carboxylic acids is 1. The maximum Gasteiger partial charge on any atom is 0.323 e. The van der Waals surface area contributed by atoms with E-state index in [2.05, 4.69) is 15.3 Å². The number of ether oxygens (including phenoxy) is 1. The summed E-state index contributed by atoms with van der Waals surface area (Å²) < 4.78 is 46.9. The first-order valence-corrected chi connectivity index (χ1v) is 10.2. The third-order valence-electron chi connectivity index (χ3n) is 5.03. The van der Waals surface area contributed by atoms with Crippen molar-refractivity contribution >= 4 is 16.9 Å². The van der Waals surface area contributed by atoms with Crippen molar-refractivity contribution in [3.8, 4) is 5.75 Å². The van der Waals surface area contributed by atoms with Crippen LogP contribution in [0.4, 0.5) is 13.2 Å². The zero-order valence-corrected chi connectivity index (χ0v) is 17.8. The van der Waals surface area contributed by atoms with E-state index in [4.69, 9.17) is 4.74 Å². The third kappa shape index (κ3) is 4.87. The van der Waals surface area contributed by atoms with Gasteiger partial charge in [0.25, 0.3) is 11.5 Å². The summed E-state index contributed by atoms with van der Waals surface area (Å²) >= 11 is 0. The van der Waals surface area contributed by atoms with E-state index in [-0.39, 0.29) is 30.0 Å². The molecule has 0 aliphatic heterocycles. The van der Waals surface area contributed by atoms with Gasteiger partial charge in [0.1, 0.15) is 17.9 Å². The second kappa shape index (κ2) is 9.30. The molecule has 0 saturated heterocycles. The van der Waals surface area contributed by atoms with Gasteiger partial charge in [0.2, 0.25) is 0 Å². The Hall–Kier alpha value is -4.28. The number of imidazole rings is 1. The predicted molar refractivity (Wildman–Crippen MR) is 117 cm³/mol. The number of carbonyl (C=O) groups is 1. The van der Waals surface area contributed by atoms with Gasteiger partial charge < -0.3 is 24.6 Å². The zero-order chi connectivity index (χ0) is 24.4. The van der Waals surface area contributed by atoms with Gasteiger partial charge in [-0.05, 0) is 48.9 Å². The number of pyridine rings is 1. The molecule has 3 N–H and O–H groups in total. The van der Waals surface area contributed by atoms with Crippen LogP contribution in [0.5, 0.6) is 5.75 Å². The van der Waals surface area contributed by atoms with Crippen molar-refractivity contribution in [2.45, 2.75) is 19.5 Å². The lowest BCUT2D eigenvalue weighted by Crippen LogP contribution is -2.40. The van der Waals surface area contributed by atoms with Crippen molar-refractivity contribution in [2.75, 3.05) is 6.61 Å². The van der Waals surface area contributed by atoms with Crippen molar-refractivity contribution in [2.24, 2.45) is 0 Å². The molecule has 176 valence electrons. The summed E-state index contributed by atoms with van der Waals surface area (Å²) in [7, 11) is 0. The monoisotopic (exact) mass is 472 g/mol. The van der Waals surface area contributed by atoms with Crippen LogP contribution in [0.1, 0.15) is 22.8 Å². The van der Waals surface area contributed by atoms with E-state index in [0.717, 1.165) is 16.7 Å². The maximum atomic E-state index is 13.5. The van der Waals surface area contributed by atoms with Gasteiger partial charge in [-0.2, -0.15) is 0 Å². The van der Waals surface area contributed by atoms with Crippen molar-refractivity contribution in [1.29, 1.82) is 0 Å². The van der Waals surface area contributed by atoms with E-state index in [1.54, 1.807) is 25.1 Å². The first kappa shape index (κ1) is 22.9. The first-order valence-electron chi connectivity index (χ1n) is 10.2. The summed E-state index contributed by atoms with van der Waals surface area (Å²) in [6.45, 7) is 1.51. The van der Waals surface area contributed by atoms with Crippen LogP contribution in [0.3, 0.4) is 0 Å². The number of aromatic amines is 2. The van der Waals surface area contributed by atoms with Crippen molar-refractivity contribution in [1.82, 2.24) is 19.9 Å². The Kier molecular flexibility index (Phi) is 6.26. The van der Waals surface area contributed by atoms with Crippen LogP contribution in [0.25, 0.3) is 11.0 Å². The van der Waals surface area contributed by atoms with E-state index < -0.39 is 35.0 Å². The summed E-state index contributed by atoms with van der Waals surface area (Å²) in [4.78, 5) is 41.9. The molecule has 0 aliphatic carbocycles. The van der Waals surface area contributed by atoms with E-state index in [9.17, 15) is 27.6 Å². The number of H-pyrrole nitrogens is 2. The fraction of sp³-hybridized carbons (Fsp3) is 0.174. The predicted octanol–water partition coefficient (Wildman–Crippen LogP) is 2.68. The molecule has 1 atom stereocenters. The number of nitrogens with one attached hydrogen (secondary N) is 3. The number of nitrogens with zero attached hydrogens (tertiary/aromatic N) is 1. The highest BCUT2D eigenvalue weighted by molar-refractivity contribution is 5.94. The van der Waals surface area contributed by atoms with Crippen LogP contribution in [-0.2, 0) is 6.54 Å². The van der Waals surface area contributed by atoms with Gasteiger partial charge in [-0.3, -0.25) is 9.59 Å². The molecule has 4 aromatic rings. The van der Waals surface area contributed by atoms with E-state index in [1.807, 2.05) is 0 Å². The third-order valence-corrected chi connectivity index (χ3v) is 5.03. The van der Waals surface area contributed by atoms with Crippen molar-refractivity contribution in [3.63, 3.8) is 0 Å². The lowest BCUT2D eigenvalue weighted by molar-refractivity contribution is 0.0924. The number of hydrogen-bond donors (Lipinski definition) is 3. The van der Waals surface area contributed by atoms with Gasteiger partial charge in [0.05, 0.1) is 23.6 Å². The van der Waals surface area contributed by atoms with Gasteiger partial charge in [0.15, 0.2) is 17.5 Å². The Balaban J connectivity index is 1.42. The Labute approximate surface area is 190 Å². The number of amides is 1. The minimum Gasteiger partial charge on any atom is -0.491 e. The molecule has 0 unspecified atom stereocenters. The second-order valence-corrected chi connectivity index (χ2v) is 7.70. The molecule has 1 amide bonds. The van der Waals surface area contributed by atoms with Crippen LogP contribution >= 0.6 is 0 Å². The molecule has 0 fully saturated rings. The van der Waals surface area contributed by atoms with Crippen molar-refractivity contribution < 1.29 is 22.7 Å². The quantitative estimate of drug-likeness (QED) is 0.360. The van der Waals surface area contributed by atoms with Crippen LogP contribution in [0.15, 0.2) is 58.3 Å². The summed E-state index contributed by atoms with van der Waals surface area (Å²) in [5.41, 5.74) is 0.0357. The minimum atomic E-state index is -1.60. The minimum absolute atomic E-state index is 0.0264. The molecular weight excluding hydrogens is 453 g/mol. The Morgan fingerprint density at radius 1 is 1.06 bits per heavy atom. The molecule has 8 nitrogen and oxygen atoms in total. The normalized spacial score (nSPS) is 12.0. The molecule has 2 aromatic heterocycles. The van der Waals surface area contributed by atoms with E-state index in [0.29, 0.717) is 16.8 Å². The second-order valence-electron chi connectivity index (χ2n) is 7.70. The molecule has 0 saturated carbocycles. The van der Waals surface area contributed by atoms with Crippen LogP contribution < -0.4 is 21.3 Å². The van der Waals surface area contributed by atoms with Gasteiger partial charge in [-0.25, -0.2) is 18.0 Å². The van der Waals surface area contributed by atoms with E-state index >= 15 is 0 Å². The van der Waals surface area contributed by atoms with Crippen LogP contribution in [0.2, 0.25) is 0 Å². The lowest BCUT2D eigenvalue weighted by Gasteiger charge is -2.15. The highest BCUT2D eigenvalue weighted by atomic mass is 19.2. The summed E-state index contributed by atoms with van der Waals surface area (Å²) in [5.74, 6) is -4.51. The highest BCUT2D eigenvalue weighted by Gasteiger charge is 2.16. The Morgan fingerprint density at radius 2 is 1.76 bits per heavy atom. The number of fused-ring (bicyclic) bond motifs is 1. The Bertz CT molecular complexity index is 1470. The zero-order valence-electron chi connectivity index (χ0n) is 17.8. The average Bonchev–Trinajstić information content (AvgIpc) is 3.16. The fourth-order valence-corrected chi connectivity index (χ4v) is 3.40. The summed E-state index contributed by atoms with van der Waals surface area (Å²) in [6, 6.07) is 8.84. The summed E-state index contributed by atoms with van der Waals surface area (Å²) in [6.07, 6.45) is 1.35. The maximum absolute atomic E-state index is 13.5. The molecule has 34 heavy (non-hydrogen) atoms. The number of rotatable bonds is 7. The molecule has 2 heterocycles. The smallest absolute Gasteiger partial charge is 0.323 e. The molecule has 0 radical (unpaired) electrons. The highest BCUT2D eigenvalue weighted by Crippen LogP contribution is 2.17. The van der Waals surface area contributed by atoms with Crippen LogP contribution in [0, 0.1) is 17.5 Å². The van der Waals surface area contributed by atoms with Gasteiger partial charge in [-0.15, -0.1) is 0 Å². The molecule has 0 bridgehead atoms. The average molecular weight is 472 g/mol. The topological polar surface area (TPSA) is 109 Å². The molecule has 4 rings (SSSR count). The largest absolute Gasteiger partial charge is 0.491 e. The van der Waals surface area contributed by atoms with Crippen LogP contribution in [-0.4, -0.2) is 33.1 Å². The van der Waals surface area contributed by atoms with Gasteiger partial charge >= 0.3 is 5.69 Å². The number of hydrogen-bond acceptors (Lipinski definition) is 4. The molecule has 2 aromatic carbocycles. The molecular formula is C23H19F3N4O4. The van der Waals surface area contributed by atoms with Gasteiger partial charge in [-0.1, -0.05) is 0 Å². The first-order chi connectivity index (χ1) is 16.2. The van der Waals surface area contributed by atoms with Gasteiger partial charge in [0, 0.05) is 12.3 Å². The standard InChI is InChI=1S/C23H19F3N4O4/c1-12(11-34-14-4-5-18-19(9-14)29-23(33)28-18)27-21(31)15-3-2-6-30(22(15)32)10-13-7-16(24)20(26)17(25)8-13/h2-9,12H,10-11H2,1H3,(H,27,31)(H2,28,29,33)/t12-/m1/s1. The summed E-state index contributed by atoms with van der Waals surface area (Å²) in [5, 5.41) is 2.65. The Morgan fingerprint density at radius 3 is 2.50 bits per heavy atom. The molecule has 0 aliphatic rings. The van der Waals surface area contributed by atoms with E-state index in [1.165, 1.54) is 18.3 Å². The SMILES string of the molecule is C[C@H](COc1ccc2[nH]c(=O)[nH]c2c1)NC(=O)c1cccn(Cc2cc(F)c(F)c(F)c2)c1=O.